The molecule has 0 aromatic heterocycles. The summed E-state index contributed by atoms with van der Waals surface area (Å²) in [5, 5.41) is 7.40. The van der Waals surface area contributed by atoms with E-state index in [1.165, 1.54) is 17.9 Å². The maximum atomic E-state index is 7.40. The van der Waals surface area contributed by atoms with Gasteiger partial charge in [-0.2, -0.15) is 11.8 Å². The maximum absolute atomic E-state index is 7.40. The van der Waals surface area contributed by atoms with Crippen LogP contribution in [0.15, 0.2) is 24.3 Å². The predicted octanol–water partition coefficient (Wildman–Crippen LogP) is 2.69. The number of amidine groups is 1. The van der Waals surface area contributed by atoms with Crippen molar-refractivity contribution >= 4 is 23.3 Å². The fourth-order valence-electron chi connectivity index (χ4n) is 2.13. The average molecular weight is 263 g/mol. The van der Waals surface area contributed by atoms with E-state index in [4.69, 9.17) is 11.1 Å². The quantitative estimate of drug-likeness (QED) is 0.637. The molecule has 0 atom stereocenters. The molecule has 1 aliphatic heterocycles. The minimum absolute atomic E-state index is 0.133. The van der Waals surface area contributed by atoms with Gasteiger partial charge in [0.15, 0.2) is 0 Å². The summed E-state index contributed by atoms with van der Waals surface area (Å²) < 4.78 is 0.383. The van der Waals surface area contributed by atoms with E-state index in [1.807, 2.05) is 12.1 Å². The van der Waals surface area contributed by atoms with Crippen LogP contribution in [0.4, 0.5) is 5.69 Å². The van der Waals surface area contributed by atoms with Gasteiger partial charge in [0, 0.05) is 34.8 Å². The topological polar surface area (TPSA) is 53.1 Å². The molecule has 3 nitrogen and oxygen atoms in total. The van der Waals surface area contributed by atoms with E-state index in [9.17, 15) is 0 Å². The molecule has 0 saturated carbocycles. The van der Waals surface area contributed by atoms with Crippen LogP contribution in [0.5, 0.6) is 0 Å². The van der Waals surface area contributed by atoms with Gasteiger partial charge < -0.3 is 10.6 Å². The van der Waals surface area contributed by atoms with Crippen LogP contribution in [-0.2, 0) is 0 Å². The summed E-state index contributed by atoms with van der Waals surface area (Å²) in [5.41, 5.74) is 7.50. The van der Waals surface area contributed by atoms with Crippen molar-refractivity contribution in [3.8, 4) is 0 Å². The Kier molecular flexibility index (Phi) is 3.85. The first-order chi connectivity index (χ1) is 8.48. The van der Waals surface area contributed by atoms with E-state index >= 15 is 0 Å². The highest BCUT2D eigenvalue weighted by Gasteiger charge is 2.23. The number of benzene rings is 1. The molecule has 2 rings (SSSR count). The minimum Gasteiger partial charge on any atom is -0.384 e. The lowest BCUT2D eigenvalue weighted by Crippen LogP contribution is -2.26. The number of nitrogens with two attached hydrogens (primary N) is 1. The van der Waals surface area contributed by atoms with Crippen molar-refractivity contribution in [2.45, 2.75) is 25.0 Å². The highest BCUT2D eigenvalue weighted by molar-refractivity contribution is 8.00. The Hall–Kier alpha value is -1.16. The smallest absolute Gasteiger partial charge is 0.122 e. The van der Waals surface area contributed by atoms with Gasteiger partial charge in [0.05, 0.1) is 0 Å². The molecular weight excluding hydrogens is 242 g/mol. The molecule has 0 amide bonds. The molecule has 98 valence electrons. The first kappa shape index (κ1) is 13.3. The molecule has 0 bridgehead atoms. The first-order valence-corrected chi connectivity index (χ1v) is 7.30. The zero-order valence-corrected chi connectivity index (χ0v) is 11.9. The lowest BCUT2D eigenvalue weighted by atomic mass is 10.1. The molecule has 1 aromatic carbocycles. The summed E-state index contributed by atoms with van der Waals surface area (Å²) in [6, 6.07) is 8.00. The van der Waals surface area contributed by atoms with Gasteiger partial charge in [-0.05, 0) is 30.7 Å². The number of nitrogen functional groups attached to an aromatic ring is 1. The summed E-state index contributed by atoms with van der Waals surface area (Å²) in [6.07, 6.45) is 1.20. The van der Waals surface area contributed by atoms with Gasteiger partial charge in [-0.15, -0.1) is 0 Å². The Morgan fingerprint density at radius 2 is 1.94 bits per heavy atom. The van der Waals surface area contributed by atoms with Crippen LogP contribution in [0.3, 0.4) is 0 Å². The Morgan fingerprint density at radius 1 is 1.28 bits per heavy atom. The van der Waals surface area contributed by atoms with Gasteiger partial charge >= 0.3 is 0 Å². The lowest BCUT2D eigenvalue weighted by molar-refractivity contribution is 0.638. The largest absolute Gasteiger partial charge is 0.384 e. The molecule has 3 N–H and O–H groups in total. The Morgan fingerprint density at radius 3 is 2.56 bits per heavy atom. The number of nitrogens with zero attached hydrogens (tertiary/aromatic N) is 1. The van der Waals surface area contributed by atoms with Crippen LogP contribution in [0.2, 0.25) is 0 Å². The predicted molar refractivity (Wildman–Crippen MR) is 80.8 cm³/mol. The van der Waals surface area contributed by atoms with E-state index < -0.39 is 0 Å². The molecule has 1 aromatic rings. The minimum atomic E-state index is 0.133. The maximum Gasteiger partial charge on any atom is 0.122 e. The summed E-state index contributed by atoms with van der Waals surface area (Å²) in [5.74, 6) is 1.30. The third-order valence-electron chi connectivity index (χ3n) is 3.38. The lowest BCUT2D eigenvalue weighted by Gasteiger charge is -2.24. The monoisotopic (exact) mass is 263 g/mol. The van der Waals surface area contributed by atoms with E-state index in [2.05, 4.69) is 42.6 Å². The average Bonchev–Trinajstić information content (AvgIpc) is 2.50. The standard InChI is InChI=1S/C14H21N3S/c1-14(2)7-8-17(9-10-18-14)12-5-3-11(4-6-12)13(15)16/h3-6H,7-10H2,1-2H3,(H3,15,16). The van der Waals surface area contributed by atoms with Crippen molar-refractivity contribution < 1.29 is 0 Å². The Bertz CT molecular complexity index is 425. The van der Waals surface area contributed by atoms with Crippen LogP contribution in [0, 0.1) is 5.41 Å². The number of hydrogen-bond donors (Lipinski definition) is 2. The van der Waals surface area contributed by atoms with Crippen molar-refractivity contribution in [3.05, 3.63) is 29.8 Å². The van der Waals surface area contributed by atoms with Gasteiger partial charge in [-0.1, -0.05) is 13.8 Å². The molecule has 4 heteroatoms. The molecule has 0 radical (unpaired) electrons. The summed E-state index contributed by atoms with van der Waals surface area (Å²) in [6.45, 7) is 6.83. The molecule has 0 spiro atoms. The number of thioether (sulfide) groups is 1. The van der Waals surface area contributed by atoms with Crippen molar-refractivity contribution in [1.29, 1.82) is 5.41 Å². The van der Waals surface area contributed by atoms with Crippen molar-refractivity contribution in [2.75, 3.05) is 23.7 Å². The van der Waals surface area contributed by atoms with Gasteiger partial charge in [0.2, 0.25) is 0 Å². The van der Waals surface area contributed by atoms with Crippen LogP contribution < -0.4 is 10.6 Å². The first-order valence-electron chi connectivity index (χ1n) is 6.31. The van der Waals surface area contributed by atoms with Crippen molar-refractivity contribution in [2.24, 2.45) is 5.73 Å². The van der Waals surface area contributed by atoms with Gasteiger partial charge in [-0.25, -0.2) is 0 Å². The second-order valence-electron chi connectivity index (χ2n) is 5.31. The van der Waals surface area contributed by atoms with Crippen LogP contribution in [0.25, 0.3) is 0 Å². The van der Waals surface area contributed by atoms with E-state index in [1.54, 1.807) is 0 Å². The van der Waals surface area contributed by atoms with E-state index in [-0.39, 0.29) is 5.84 Å². The van der Waals surface area contributed by atoms with E-state index in [0.717, 1.165) is 18.7 Å². The number of hydrogen-bond acceptors (Lipinski definition) is 3. The molecule has 1 fully saturated rings. The molecule has 18 heavy (non-hydrogen) atoms. The Labute approximate surface area is 113 Å². The molecule has 0 aliphatic carbocycles. The summed E-state index contributed by atoms with van der Waals surface area (Å²) >= 11 is 2.05. The van der Waals surface area contributed by atoms with Crippen molar-refractivity contribution in [1.82, 2.24) is 0 Å². The number of anilines is 1. The van der Waals surface area contributed by atoms with Gasteiger partial charge in [0.25, 0.3) is 0 Å². The summed E-state index contributed by atoms with van der Waals surface area (Å²) in [4.78, 5) is 2.42. The third-order valence-corrected chi connectivity index (χ3v) is 4.75. The Balaban J connectivity index is 2.09. The van der Waals surface area contributed by atoms with Crippen LogP contribution >= 0.6 is 11.8 Å². The molecule has 1 saturated heterocycles. The van der Waals surface area contributed by atoms with Gasteiger partial charge in [-0.3, -0.25) is 5.41 Å². The van der Waals surface area contributed by atoms with Gasteiger partial charge in [0.1, 0.15) is 5.84 Å². The fourth-order valence-corrected chi connectivity index (χ4v) is 3.23. The molecular formula is C14H21N3S. The SMILES string of the molecule is CC1(C)CCN(c2ccc(C(=N)N)cc2)CCS1. The van der Waals surface area contributed by atoms with Crippen LogP contribution in [-0.4, -0.2) is 29.4 Å². The molecule has 1 heterocycles. The summed E-state index contributed by atoms with van der Waals surface area (Å²) in [7, 11) is 0. The highest BCUT2D eigenvalue weighted by Crippen LogP contribution is 2.32. The third kappa shape index (κ3) is 3.19. The van der Waals surface area contributed by atoms with Crippen molar-refractivity contribution in [3.63, 3.8) is 0 Å². The second kappa shape index (κ2) is 5.22. The fraction of sp³-hybridized carbons (Fsp3) is 0.500. The molecule has 0 unspecified atom stereocenters. The zero-order valence-electron chi connectivity index (χ0n) is 11.1. The second-order valence-corrected chi connectivity index (χ2v) is 7.11. The number of nitrogens with one attached hydrogen (secondary N) is 1. The number of rotatable bonds is 2. The highest BCUT2D eigenvalue weighted by atomic mass is 32.2. The molecule has 1 aliphatic rings. The normalized spacial score (nSPS) is 19.3. The van der Waals surface area contributed by atoms with E-state index in [0.29, 0.717) is 4.75 Å². The van der Waals surface area contributed by atoms with Crippen LogP contribution in [0.1, 0.15) is 25.8 Å². The zero-order chi connectivity index (χ0) is 13.2.